The van der Waals surface area contributed by atoms with Crippen molar-refractivity contribution in [1.29, 1.82) is 0 Å². The summed E-state index contributed by atoms with van der Waals surface area (Å²) in [5, 5.41) is 20.8. The quantitative estimate of drug-likeness (QED) is 0.457. The lowest BCUT2D eigenvalue weighted by atomic mass is 10.1. The van der Waals surface area contributed by atoms with Gasteiger partial charge in [-0.3, -0.25) is 4.79 Å². The largest absolute Gasteiger partial charge is 0.508 e. The van der Waals surface area contributed by atoms with Crippen LogP contribution in [0.15, 0.2) is 45.6 Å². The Hall–Kier alpha value is -2.95. The molecule has 98 valence electrons. The van der Waals surface area contributed by atoms with Gasteiger partial charge in [-0.15, -0.1) is 0 Å². The van der Waals surface area contributed by atoms with E-state index in [1.807, 2.05) is 0 Å². The van der Waals surface area contributed by atoms with Crippen LogP contribution in [0.3, 0.4) is 0 Å². The monoisotopic (exact) mass is 267 g/mol. The number of hydrogen-bond donors (Lipinski definition) is 3. The minimum absolute atomic E-state index is 0.0706. The fourth-order valence-electron chi connectivity index (χ4n) is 2.52. The number of phenols is 2. The molecule has 0 atom stereocenters. The lowest BCUT2D eigenvalue weighted by Gasteiger charge is -1.99. The maximum absolute atomic E-state index is 12.2. The van der Waals surface area contributed by atoms with E-state index in [2.05, 4.69) is 4.98 Å². The van der Waals surface area contributed by atoms with E-state index in [4.69, 9.17) is 4.42 Å². The molecule has 0 bridgehead atoms. The van der Waals surface area contributed by atoms with Gasteiger partial charge in [0.1, 0.15) is 22.7 Å². The molecule has 0 radical (unpaired) electrons. The lowest BCUT2D eigenvalue weighted by Crippen LogP contribution is -2.04. The summed E-state index contributed by atoms with van der Waals surface area (Å²) in [6.07, 6.45) is 0. The van der Waals surface area contributed by atoms with Crippen LogP contribution in [0.25, 0.3) is 32.8 Å². The fourth-order valence-corrected chi connectivity index (χ4v) is 2.52. The Morgan fingerprint density at radius 2 is 1.65 bits per heavy atom. The van der Waals surface area contributed by atoms with E-state index in [-0.39, 0.29) is 17.1 Å². The van der Waals surface area contributed by atoms with Crippen LogP contribution in [-0.4, -0.2) is 15.2 Å². The zero-order chi connectivity index (χ0) is 13.9. The molecule has 0 unspecified atom stereocenters. The molecule has 0 fully saturated rings. The molecule has 3 N–H and O–H groups in total. The van der Waals surface area contributed by atoms with E-state index in [1.54, 1.807) is 12.1 Å². The highest BCUT2D eigenvalue weighted by molar-refractivity contribution is 6.13. The first kappa shape index (κ1) is 10.9. The van der Waals surface area contributed by atoms with Crippen molar-refractivity contribution in [2.24, 2.45) is 0 Å². The van der Waals surface area contributed by atoms with Crippen molar-refractivity contribution >= 4 is 32.8 Å². The second-order valence-corrected chi connectivity index (χ2v) is 4.67. The van der Waals surface area contributed by atoms with Gasteiger partial charge in [0.25, 0.3) is 5.56 Å². The molecule has 0 aliphatic heterocycles. The van der Waals surface area contributed by atoms with Crippen molar-refractivity contribution in [2.75, 3.05) is 0 Å². The molecular weight excluding hydrogens is 258 g/mol. The standard InChI is InChI=1S/C15H9NO4/c17-7-1-3-9-11(5-7)16-15(19)13-10-4-2-8(18)6-12(10)20-14(9)13/h1-6,17-18H,(H,16,19). The molecule has 0 amide bonds. The first-order valence-electron chi connectivity index (χ1n) is 6.04. The Kier molecular flexibility index (Phi) is 1.93. The van der Waals surface area contributed by atoms with Gasteiger partial charge in [-0.05, 0) is 24.3 Å². The van der Waals surface area contributed by atoms with Gasteiger partial charge in [0, 0.05) is 22.9 Å². The fraction of sp³-hybridized carbons (Fsp3) is 0. The third kappa shape index (κ3) is 1.34. The molecule has 0 saturated carbocycles. The first-order valence-corrected chi connectivity index (χ1v) is 6.04. The van der Waals surface area contributed by atoms with E-state index >= 15 is 0 Å². The predicted octanol–water partition coefficient (Wildman–Crippen LogP) is 2.84. The molecule has 2 aromatic carbocycles. The normalized spacial score (nSPS) is 11.6. The zero-order valence-corrected chi connectivity index (χ0v) is 10.2. The number of aromatic nitrogens is 1. The number of rotatable bonds is 0. The number of aromatic hydroxyl groups is 2. The van der Waals surface area contributed by atoms with E-state index in [9.17, 15) is 15.0 Å². The molecule has 5 heteroatoms. The Morgan fingerprint density at radius 1 is 0.950 bits per heavy atom. The summed E-state index contributed by atoms with van der Waals surface area (Å²) in [6.45, 7) is 0. The molecule has 2 heterocycles. The molecule has 0 saturated heterocycles. The van der Waals surface area contributed by atoms with Crippen molar-refractivity contribution in [1.82, 2.24) is 4.98 Å². The second kappa shape index (κ2) is 3.54. The van der Waals surface area contributed by atoms with Gasteiger partial charge in [0.05, 0.1) is 10.9 Å². The van der Waals surface area contributed by atoms with Crippen molar-refractivity contribution in [3.8, 4) is 11.5 Å². The van der Waals surface area contributed by atoms with E-state index in [0.717, 1.165) is 0 Å². The third-order valence-electron chi connectivity index (χ3n) is 3.40. The molecule has 0 spiro atoms. The minimum Gasteiger partial charge on any atom is -0.508 e. The first-order chi connectivity index (χ1) is 9.63. The maximum atomic E-state index is 12.2. The van der Waals surface area contributed by atoms with Crippen molar-refractivity contribution in [2.45, 2.75) is 0 Å². The maximum Gasteiger partial charge on any atom is 0.260 e. The number of fused-ring (bicyclic) bond motifs is 5. The van der Waals surface area contributed by atoms with Crippen LogP contribution in [0.5, 0.6) is 11.5 Å². The SMILES string of the molecule is O=c1[nH]c2cc(O)ccc2c2oc3cc(O)ccc3c12. The summed E-state index contributed by atoms with van der Waals surface area (Å²) in [6, 6.07) is 9.33. The van der Waals surface area contributed by atoms with E-state index in [1.165, 1.54) is 24.3 Å². The predicted molar refractivity (Wildman–Crippen MR) is 75.2 cm³/mol. The van der Waals surface area contributed by atoms with Gasteiger partial charge in [-0.25, -0.2) is 0 Å². The number of pyridine rings is 1. The van der Waals surface area contributed by atoms with Crippen LogP contribution in [0.2, 0.25) is 0 Å². The van der Waals surface area contributed by atoms with Gasteiger partial charge in [-0.1, -0.05) is 0 Å². The topological polar surface area (TPSA) is 86.5 Å². The second-order valence-electron chi connectivity index (χ2n) is 4.67. The van der Waals surface area contributed by atoms with Crippen molar-refractivity contribution in [3.63, 3.8) is 0 Å². The highest BCUT2D eigenvalue weighted by Gasteiger charge is 2.14. The molecule has 2 aromatic heterocycles. The van der Waals surface area contributed by atoms with Crippen LogP contribution in [0.4, 0.5) is 0 Å². The van der Waals surface area contributed by atoms with Gasteiger partial charge >= 0.3 is 0 Å². The van der Waals surface area contributed by atoms with Crippen LogP contribution in [0.1, 0.15) is 0 Å². The molecule has 4 aromatic rings. The van der Waals surface area contributed by atoms with E-state index < -0.39 is 0 Å². The summed E-state index contributed by atoms with van der Waals surface area (Å²) in [4.78, 5) is 14.9. The molecule has 0 aliphatic carbocycles. The van der Waals surface area contributed by atoms with Gasteiger partial charge in [0.15, 0.2) is 0 Å². The van der Waals surface area contributed by atoms with Crippen LogP contribution < -0.4 is 5.56 Å². The smallest absolute Gasteiger partial charge is 0.260 e. The number of benzene rings is 2. The molecule has 4 rings (SSSR count). The number of aromatic amines is 1. The van der Waals surface area contributed by atoms with E-state index in [0.29, 0.717) is 32.8 Å². The van der Waals surface area contributed by atoms with Crippen LogP contribution in [0, 0.1) is 0 Å². The molecule has 0 aliphatic rings. The van der Waals surface area contributed by atoms with Crippen molar-refractivity contribution < 1.29 is 14.6 Å². The van der Waals surface area contributed by atoms with Gasteiger partial charge < -0.3 is 19.6 Å². The summed E-state index contributed by atoms with van der Waals surface area (Å²) < 4.78 is 5.71. The van der Waals surface area contributed by atoms with Crippen LogP contribution >= 0.6 is 0 Å². The minimum atomic E-state index is -0.289. The summed E-state index contributed by atoms with van der Waals surface area (Å²) in [5.41, 5.74) is 1.11. The molecule has 20 heavy (non-hydrogen) atoms. The van der Waals surface area contributed by atoms with Crippen LogP contribution in [-0.2, 0) is 0 Å². The Morgan fingerprint density at radius 3 is 2.45 bits per heavy atom. The van der Waals surface area contributed by atoms with Gasteiger partial charge in [-0.2, -0.15) is 0 Å². The van der Waals surface area contributed by atoms with Gasteiger partial charge in [0.2, 0.25) is 0 Å². The number of nitrogens with one attached hydrogen (secondary N) is 1. The third-order valence-corrected chi connectivity index (χ3v) is 3.40. The Balaban J connectivity index is 2.32. The Labute approximate surface area is 111 Å². The number of phenolic OH excluding ortho intramolecular Hbond substituents is 2. The average molecular weight is 267 g/mol. The number of H-pyrrole nitrogens is 1. The average Bonchev–Trinajstić information content (AvgIpc) is 2.77. The summed E-state index contributed by atoms with van der Waals surface area (Å²) in [7, 11) is 0. The number of furan rings is 1. The summed E-state index contributed by atoms with van der Waals surface area (Å²) in [5.74, 6) is 0.149. The Bertz CT molecular complexity index is 1040. The lowest BCUT2D eigenvalue weighted by molar-refractivity contribution is 0.475. The summed E-state index contributed by atoms with van der Waals surface area (Å²) >= 11 is 0. The molecule has 5 nitrogen and oxygen atoms in total. The number of hydrogen-bond acceptors (Lipinski definition) is 4. The highest BCUT2D eigenvalue weighted by Crippen LogP contribution is 2.33. The zero-order valence-electron chi connectivity index (χ0n) is 10.2. The van der Waals surface area contributed by atoms with Crippen molar-refractivity contribution in [3.05, 3.63) is 46.8 Å². The molecular formula is C15H9NO4. The highest BCUT2D eigenvalue weighted by atomic mass is 16.3.